The molecule has 1 saturated heterocycles. The van der Waals surface area contributed by atoms with Crippen LogP contribution in [0.15, 0.2) is 35.8 Å². The smallest absolute Gasteiger partial charge is 0.270 e. The Morgan fingerprint density at radius 2 is 2.33 bits per heavy atom. The van der Waals surface area contributed by atoms with Crippen molar-refractivity contribution in [2.45, 2.75) is 25.4 Å². The lowest BCUT2D eigenvalue weighted by atomic mass is 10.1. The van der Waals surface area contributed by atoms with E-state index in [2.05, 4.69) is 21.3 Å². The van der Waals surface area contributed by atoms with Gasteiger partial charge in [0.1, 0.15) is 5.69 Å². The lowest BCUT2D eigenvalue weighted by Gasteiger charge is -2.32. The Hall–Kier alpha value is -1.59. The molecule has 112 valence electrons. The highest BCUT2D eigenvalue weighted by molar-refractivity contribution is 7.09. The quantitative estimate of drug-likeness (QED) is 0.942. The zero-order chi connectivity index (χ0) is 14.7. The number of aromatic nitrogens is 1. The molecule has 1 amide bonds. The van der Waals surface area contributed by atoms with Crippen molar-refractivity contribution in [3.8, 4) is 0 Å². The molecule has 1 aliphatic heterocycles. The molecule has 0 aliphatic carbocycles. The number of nitrogens with zero attached hydrogens (tertiary/aromatic N) is 2. The predicted molar refractivity (Wildman–Crippen MR) is 85.8 cm³/mol. The fraction of sp³-hybridized carbons (Fsp3) is 0.438. The summed E-state index contributed by atoms with van der Waals surface area (Å²) in [7, 11) is 1.97. The van der Waals surface area contributed by atoms with Gasteiger partial charge in [-0.15, -0.1) is 11.3 Å². The topological polar surface area (TPSA) is 37.3 Å². The number of carbonyl (C=O) groups excluding carboxylic acids is 1. The maximum absolute atomic E-state index is 12.8. The van der Waals surface area contributed by atoms with E-state index in [0.717, 1.165) is 38.2 Å². The molecule has 0 bridgehead atoms. The zero-order valence-electron chi connectivity index (χ0n) is 12.3. The monoisotopic (exact) mass is 303 g/mol. The van der Waals surface area contributed by atoms with E-state index in [1.165, 1.54) is 4.88 Å². The van der Waals surface area contributed by atoms with Crippen LogP contribution >= 0.6 is 11.3 Å². The third-order valence-corrected chi connectivity index (χ3v) is 4.93. The second-order valence-corrected chi connectivity index (χ2v) is 6.51. The molecule has 1 fully saturated rings. The minimum absolute atomic E-state index is 0.150. The van der Waals surface area contributed by atoms with Crippen molar-refractivity contribution in [2.75, 3.05) is 20.1 Å². The number of amides is 1. The van der Waals surface area contributed by atoms with Crippen molar-refractivity contribution in [3.05, 3.63) is 46.4 Å². The highest BCUT2D eigenvalue weighted by atomic mass is 32.1. The first-order chi connectivity index (χ1) is 10.3. The Balaban J connectivity index is 1.74. The van der Waals surface area contributed by atoms with Gasteiger partial charge in [-0.3, -0.25) is 4.79 Å². The van der Waals surface area contributed by atoms with Crippen molar-refractivity contribution in [1.82, 2.24) is 14.8 Å². The van der Waals surface area contributed by atoms with E-state index < -0.39 is 0 Å². The number of hydrogen-bond donors (Lipinski definition) is 1. The minimum Gasteiger partial charge on any atom is -0.338 e. The molecule has 2 aromatic heterocycles. The van der Waals surface area contributed by atoms with Gasteiger partial charge in [-0.2, -0.15) is 0 Å². The van der Waals surface area contributed by atoms with Crippen LogP contribution in [-0.2, 0) is 6.54 Å². The first kappa shape index (κ1) is 14.4. The number of rotatable bonds is 4. The van der Waals surface area contributed by atoms with Gasteiger partial charge in [0.2, 0.25) is 0 Å². The van der Waals surface area contributed by atoms with Gasteiger partial charge in [-0.25, -0.2) is 0 Å². The number of hydrogen-bond acceptors (Lipinski definition) is 3. The summed E-state index contributed by atoms with van der Waals surface area (Å²) in [6.45, 7) is 2.44. The Morgan fingerprint density at radius 3 is 3.10 bits per heavy atom. The van der Waals surface area contributed by atoms with Crippen LogP contribution in [0.25, 0.3) is 0 Å². The first-order valence-electron chi connectivity index (χ1n) is 7.42. The highest BCUT2D eigenvalue weighted by Gasteiger charge is 2.25. The number of likely N-dealkylation sites (tertiary alicyclic amines) is 1. The van der Waals surface area contributed by atoms with Crippen molar-refractivity contribution < 1.29 is 4.79 Å². The van der Waals surface area contributed by atoms with E-state index in [4.69, 9.17) is 0 Å². The average Bonchev–Trinajstić information content (AvgIpc) is 3.19. The number of piperidine rings is 1. The summed E-state index contributed by atoms with van der Waals surface area (Å²) in [5, 5.41) is 5.36. The summed E-state index contributed by atoms with van der Waals surface area (Å²) in [4.78, 5) is 16.0. The molecule has 2 aromatic rings. The fourth-order valence-electron chi connectivity index (χ4n) is 2.88. The van der Waals surface area contributed by atoms with Crippen molar-refractivity contribution in [2.24, 2.45) is 0 Å². The van der Waals surface area contributed by atoms with E-state index in [1.54, 1.807) is 11.3 Å². The van der Waals surface area contributed by atoms with Gasteiger partial charge in [-0.05, 0) is 43.5 Å². The predicted octanol–water partition coefficient (Wildman–Crippen LogP) is 2.42. The van der Waals surface area contributed by atoms with Crippen LogP contribution in [0.1, 0.15) is 28.2 Å². The number of likely N-dealkylation sites (N-methyl/N-ethyl adjacent to an activating group) is 1. The standard InChI is InChI=1S/C16H21N3OS/c1-17-13-5-2-9-19(11-13)16(20)15-7-3-8-18(15)12-14-6-4-10-21-14/h3-4,6-8,10,13,17H,2,5,9,11-12H2,1H3. The molecular weight excluding hydrogens is 282 g/mol. The van der Waals surface area contributed by atoms with Gasteiger partial charge < -0.3 is 14.8 Å². The fourth-order valence-corrected chi connectivity index (χ4v) is 3.58. The van der Waals surface area contributed by atoms with Crippen LogP contribution in [-0.4, -0.2) is 41.6 Å². The number of carbonyl (C=O) groups is 1. The molecule has 3 heterocycles. The maximum atomic E-state index is 12.8. The molecule has 0 spiro atoms. The normalized spacial score (nSPS) is 18.9. The van der Waals surface area contributed by atoms with E-state index in [0.29, 0.717) is 6.04 Å². The minimum atomic E-state index is 0.150. The SMILES string of the molecule is CNC1CCCN(C(=O)c2cccn2Cc2cccs2)C1. The largest absolute Gasteiger partial charge is 0.338 e. The van der Waals surface area contributed by atoms with Gasteiger partial charge >= 0.3 is 0 Å². The second-order valence-electron chi connectivity index (χ2n) is 5.48. The van der Waals surface area contributed by atoms with Crippen LogP contribution in [0.5, 0.6) is 0 Å². The van der Waals surface area contributed by atoms with Gasteiger partial charge in [0.25, 0.3) is 5.91 Å². The molecule has 1 aliphatic rings. The zero-order valence-corrected chi connectivity index (χ0v) is 13.1. The van der Waals surface area contributed by atoms with E-state index in [9.17, 15) is 4.79 Å². The third kappa shape index (κ3) is 3.19. The Kier molecular flexibility index (Phi) is 4.41. The molecule has 0 aromatic carbocycles. The van der Waals surface area contributed by atoms with Crippen LogP contribution in [0.4, 0.5) is 0 Å². The van der Waals surface area contributed by atoms with Gasteiger partial charge in [0.15, 0.2) is 0 Å². The molecule has 3 rings (SSSR count). The summed E-state index contributed by atoms with van der Waals surface area (Å²) in [5.74, 6) is 0.150. The number of nitrogens with one attached hydrogen (secondary N) is 1. The summed E-state index contributed by atoms with van der Waals surface area (Å²) in [6.07, 6.45) is 4.21. The second kappa shape index (κ2) is 6.45. The summed E-state index contributed by atoms with van der Waals surface area (Å²) < 4.78 is 2.05. The maximum Gasteiger partial charge on any atom is 0.270 e. The van der Waals surface area contributed by atoms with Gasteiger partial charge in [-0.1, -0.05) is 6.07 Å². The van der Waals surface area contributed by atoms with E-state index in [-0.39, 0.29) is 5.91 Å². The van der Waals surface area contributed by atoms with Gasteiger partial charge in [0, 0.05) is 30.2 Å². The molecule has 1 N–H and O–H groups in total. The van der Waals surface area contributed by atoms with Crippen LogP contribution in [0.2, 0.25) is 0 Å². The molecule has 4 nitrogen and oxygen atoms in total. The molecule has 0 radical (unpaired) electrons. The Morgan fingerprint density at radius 1 is 1.43 bits per heavy atom. The molecule has 1 atom stereocenters. The van der Waals surface area contributed by atoms with E-state index >= 15 is 0 Å². The summed E-state index contributed by atoms with van der Waals surface area (Å²) in [6, 6.07) is 8.46. The lowest BCUT2D eigenvalue weighted by molar-refractivity contribution is 0.0688. The van der Waals surface area contributed by atoms with Crippen LogP contribution in [0.3, 0.4) is 0 Å². The highest BCUT2D eigenvalue weighted by Crippen LogP contribution is 2.17. The Bertz CT molecular complexity index is 590. The molecule has 5 heteroatoms. The molecule has 21 heavy (non-hydrogen) atoms. The number of thiophene rings is 1. The molecule has 1 unspecified atom stereocenters. The Labute approximate surface area is 129 Å². The van der Waals surface area contributed by atoms with Crippen molar-refractivity contribution >= 4 is 17.2 Å². The summed E-state index contributed by atoms with van der Waals surface area (Å²) in [5.41, 5.74) is 0.792. The van der Waals surface area contributed by atoms with Crippen molar-refractivity contribution in [1.29, 1.82) is 0 Å². The third-order valence-electron chi connectivity index (χ3n) is 4.07. The molecular formula is C16H21N3OS. The van der Waals surface area contributed by atoms with Crippen LogP contribution in [0, 0.1) is 0 Å². The van der Waals surface area contributed by atoms with Gasteiger partial charge in [0.05, 0.1) is 6.54 Å². The summed E-state index contributed by atoms with van der Waals surface area (Å²) >= 11 is 1.73. The van der Waals surface area contributed by atoms with Crippen LogP contribution < -0.4 is 5.32 Å². The molecule has 0 saturated carbocycles. The first-order valence-corrected chi connectivity index (χ1v) is 8.30. The average molecular weight is 303 g/mol. The lowest BCUT2D eigenvalue weighted by Crippen LogP contribution is -2.47. The van der Waals surface area contributed by atoms with E-state index in [1.807, 2.05) is 36.3 Å². The van der Waals surface area contributed by atoms with Crippen molar-refractivity contribution in [3.63, 3.8) is 0 Å².